The Balaban J connectivity index is 3.09. The monoisotopic (exact) mass is 288 g/mol. The molecular formula is C13H18Cl2OSi. The lowest BCUT2D eigenvalue weighted by Crippen LogP contribution is -2.28. The molecule has 0 saturated heterocycles. The third-order valence-corrected chi connectivity index (χ3v) is 3.85. The summed E-state index contributed by atoms with van der Waals surface area (Å²) in [5.41, 5.74) is 0.873. The largest absolute Gasteiger partial charge is 0.410 e. The Morgan fingerprint density at radius 1 is 1.29 bits per heavy atom. The highest BCUT2D eigenvalue weighted by atomic mass is 35.5. The highest BCUT2D eigenvalue weighted by Gasteiger charge is 2.24. The molecule has 0 radical (unpaired) electrons. The van der Waals surface area contributed by atoms with Gasteiger partial charge in [0.25, 0.3) is 0 Å². The predicted molar refractivity (Wildman–Crippen MR) is 78.4 cm³/mol. The Kier molecular flexibility index (Phi) is 5.26. The second-order valence-corrected chi connectivity index (χ2v) is 10.2. The summed E-state index contributed by atoms with van der Waals surface area (Å²) in [6, 6.07) is 5.52. The lowest BCUT2D eigenvalue weighted by molar-refractivity contribution is 0.202. The van der Waals surface area contributed by atoms with Crippen LogP contribution >= 0.6 is 23.2 Å². The summed E-state index contributed by atoms with van der Waals surface area (Å²) < 4.78 is 6.12. The van der Waals surface area contributed by atoms with Crippen molar-refractivity contribution in [3.05, 3.63) is 46.5 Å². The van der Waals surface area contributed by atoms with Gasteiger partial charge in [-0.25, -0.2) is 0 Å². The van der Waals surface area contributed by atoms with Crippen LogP contribution in [0.2, 0.25) is 29.7 Å². The summed E-state index contributed by atoms with van der Waals surface area (Å²) in [7, 11) is -1.65. The van der Waals surface area contributed by atoms with Gasteiger partial charge >= 0.3 is 0 Å². The fourth-order valence-electron chi connectivity index (χ4n) is 1.62. The molecule has 1 unspecified atom stereocenters. The molecule has 1 rings (SSSR count). The first-order chi connectivity index (χ1) is 7.85. The summed E-state index contributed by atoms with van der Waals surface area (Å²) >= 11 is 12.4. The molecule has 0 amide bonds. The molecule has 94 valence electrons. The zero-order valence-corrected chi connectivity index (χ0v) is 13.0. The lowest BCUT2D eigenvalue weighted by atomic mass is 10.1. The average molecular weight is 289 g/mol. The average Bonchev–Trinajstić information content (AvgIpc) is 2.15. The van der Waals surface area contributed by atoms with Crippen molar-refractivity contribution in [2.24, 2.45) is 0 Å². The van der Waals surface area contributed by atoms with Gasteiger partial charge in [0.1, 0.15) is 0 Å². The maximum absolute atomic E-state index is 6.21. The fourth-order valence-corrected chi connectivity index (χ4v) is 3.33. The van der Waals surface area contributed by atoms with Gasteiger partial charge in [0.05, 0.1) is 6.10 Å². The number of hydrogen-bond acceptors (Lipinski definition) is 1. The summed E-state index contributed by atoms with van der Waals surface area (Å²) in [5, 5.41) is 1.31. The normalized spacial score (nSPS) is 13.5. The SMILES string of the molecule is C=CCC(O[Si](C)(C)C)c1c(Cl)cccc1Cl. The Hall–Kier alpha value is -0.283. The lowest BCUT2D eigenvalue weighted by Gasteiger charge is -2.27. The molecule has 0 N–H and O–H groups in total. The number of rotatable bonds is 5. The van der Waals surface area contributed by atoms with Gasteiger partial charge in [0.2, 0.25) is 0 Å². The molecule has 0 heterocycles. The van der Waals surface area contributed by atoms with Crippen LogP contribution in [0.25, 0.3) is 0 Å². The van der Waals surface area contributed by atoms with Gasteiger partial charge in [-0.15, -0.1) is 6.58 Å². The maximum atomic E-state index is 6.21. The quantitative estimate of drug-likeness (QED) is 0.516. The summed E-state index contributed by atoms with van der Waals surface area (Å²) in [6.45, 7) is 10.2. The highest BCUT2D eigenvalue weighted by molar-refractivity contribution is 6.69. The molecular weight excluding hydrogens is 271 g/mol. The zero-order chi connectivity index (χ0) is 13.1. The van der Waals surface area contributed by atoms with E-state index in [2.05, 4.69) is 26.2 Å². The fraction of sp³-hybridized carbons (Fsp3) is 0.385. The second kappa shape index (κ2) is 6.05. The third kappa shape index (κ3) is 4.47. The van der Waals surface area contributed by atoms with E-state index in [0.717, 1.165) is 5.56 Å². The summed E-state index contributed by atoms with van der Waals surface area (Å²) in [5.74, 6) is 0. The zero-order valence-electron chi connectivity index (χ0n) is 10.5. The van der Waals surface area contributed by atoms with Gasteiger partial charge in [0, 0.05) is 15.6 Å². The molecule has 0 saturated carbocycles. The first-order valence-electron chi connectivity index (χ1n) is 5.58. The smallest absolute Gasteiger partial charge is 0.184 e. The topological polar surface area (TPSA) is 9.23 Å². The van der Waals surface area contributed by atoms with Crippen LogP contribution in [-0.4, -0.2) is 8.32 Å². The Bertz CT molecular complexity index is 379. The van der Waals surface area contributed by atoms with Crippen LogP contribution in [0, 0.1) is 0 Å². The van der Waals surface area contributed by atoms with Crippen molar-refractivity contribution in [3.8, 4) is 0 Å². The number of hydrogen-bond donors (Lipinski definition) is 0. The molecule has 4 heteroatoms. The van der Waals surface area contributed by atoms with Crippen molar-refractivity contribution in [1.29, 1.82) is 0 Å². The molecule has 17 heavy (non-hydrogen) atoms. The van der Waals surface area contributed by atoms with Crippen molar-refractivity contribution >= 4 is 31.5 Å². The summed E-state index contributed by atoms with van der Waals surface area (Å²) in [6.07, 6.45) is 2.46. The van der Waals surface area contributed by atoms with Crippen LogP contribution in [0.5, 0.6) is 0 Å². The molecule has 0 fully saturated rings. The van der Waals surface area contributed by atoms with E-state index in [4.69, 9.17) is 27.6 Å². The van der Waals surface area contributed by atoms with Crippen LogP contribution in [0.1, 0.15) is 18.1 Å². The molecule has 1 aromatic carbocycles. The maximum Gasteiger partial charge on any atom is 0.184 e. The van der Waals surface area contributed by atoms with E-state index >= 15 is 0 Å². The van der Waals surface area contributed by atoms with Gasteiger partial charge in [0.15, 0.2) is 8.32 Å². The molecule has 1 nitrogen and oxygen atoms in total. The molecule has 0 bridgehead atoms. The van der Waals surface area contributed by atoms with E-state index in [1.54, 1.807) is 0 Å². The van der Waals surface area contributed by atoms with Crippen LogP contribution in [0.15, 0.2) is 30.9 Å². The van der Waals surface area contributed by atoms with Crippen LogP contribution in [-0.2, 0) is 4.43 Å². The van der Waals surface area contributed by atoms with E-state index in [0.29, 0.717) is 16.5 Å². The van der Waals surface area contributed by atoms with Crippen LogP contribution < -0.4 is 0 Å². The van der Waals surface area contributed by atoms with Crippen molar-refractivity contribution in [3.63, 3.8) is 0 Å². The molecule has 1 aromatic rings. The number of benzene rings is 1. The Morgan fingerprint density at radius 2 is 1.82 bits per heavy atom. The van der Waals surface area contributed by atoms with Crippen molar-refractivity contribution in [1.82, 2.24) is 0 Å². The molecule has 1 atom stereocenters. The van der Waals surface area contributed by atoms with Gasteiger partial charge in [-0.05, 0) is 38.2 Å². The minimum absolute atomic E-state index is 0.0969. The number of halogens is 2. The Labute approximate surface area is 115 Å². The van der Waals surface area contributed by atoms with E-state index in [1.165, 1.54) is 0 Å². The van der Waals surface area contributed by atoms with Crippen molar-refractivity contribution in [2.75, 3.05) is 0 Å². The predicted octanol–water partition coefficient (Wildman–Crippen LogP) is 5.46. The molecule has 0 aliphatic carbocycles. The highest BCUT2D eigenvalue weighted by Crippen LogP contribution is 2.36. The van der Waals surface area contributed by atoms with Gasteiger partial charge in [-0.2, -0.15) is 0 Å². The van der Waals surface area contributed by atoms with E-state index in [1.807, 2.05) is 24.3 Å². The van der Waals surface area contributed by atoms with Crippen molar-refractivity contribution in [2.45, 2.75) is 32.2 Å². The Morgan fingerprint density at radius 3 is 2.24 bits per heavy atom. The van der Waals surface area contributed by atoms with E-state index in [9.17, 15) is 0 Å². The molecule has 0 aromatic heterocycles. The van der Waals surface area contributed by atoms with Gasteiger partial charge in [-0.3, -0.25) is 0 Å². The molecule has 0 aliphatic heterocycles. The third-order valence-electron chi connectivity index (χ3n) is 2.20. The molecule has 0 spiro atoms. The van der Waals surface area contributed by atoms with Crippen LogP contribution in [0.3, 0.4) is 0 Å². The summed E-state index contributed by atoms with van der Waals surface area (Å²) in [4.78, 5) is 0. The minimum atomic E-state index is -1.65. The molecule has 0 aliphatic rings. The first kappa shape index (κ1) is 14.8. The van der Waals surface area contributed by atoms with Gasteiger partial charge < -0.3 is 4.43 Å². The first-order valence-corrected chi connectivity index (χ1v) is 9.74. The second-order valence-electron chi connectivity index (χ2n) is 4.88. The van der Waals surface area contributed by atoms with E-state index in [-0.39, 0.29) is 6.10 Å². The van der Waals surface area contributed by atoms with Crippen LogP contribution in [0.4, 0.5) is 0 Å². The van der Waals surface area contributed by atoms with Gasteiger partial charge in [-0.1, -0.05) is 35.3 Å². The minimum Gasteiger partial charge on any atom is -0.410 e. The standard InChI is InChI=1S/C13H18Cl2OSi/c1-5-7-12(16-17(2,3)4)13-10(14)8-6-9-11(13)15/h5-6,8-9,12H,1,7H2,2-4H3. The van der Waals surface area contributed by atoms with Crippen molar-refractivity contribution < 1.29 is 4.43 Å². The van der Waals surface area contributed by atoms with E-state index < -0.39 is 8.32 Å².